The summed E-state index contributed by atoms with van der Waals surface area (Å²) in [5.41, 5.74) is 1.33. The van der Waals surface area contributed by atoms with Crippen molar-refractivity contribution >= 4 is 16.8 Å². The summed E-state index contributed by atoms with van der Waals surface area (Å²) in [7, 11) is 0. The van der Waals surface area contributed by atoms with E-state index in [9.17, 15) is 14.0 Å². The summed E-state index contributed by atoms with van der Waals surface area (Å²) in [4.78, 5) is 31.3. The van der Waals surface area contributed by atoms with E-state index in [1.54, 1.807) is 30.3 Å². The van der Waals surface area contributed by atoms with E-state index < -0.39 is 0 Å². The molecule has 0 saturated carbocycles. The molecule has 134 valence electrons. The van der Waals surface area contributed by atoms with Crippen LogP contribution in [0.3, 0.4) is 0 Å². The molecule has 1 atom stereocenters. The van der Waals surface area contributed by atoms with Gasteiger partial charge in [0.25, 0.3) is 5.56 Å². The quantitative estimate of drug-likeness (QED) is 0.714. The Balaban J connectivity index is 1.53. The molecule has 5 nitrogen and oxygen atoms in total. The number of hydrogen-bond donors (Lipinski definition) is 2. The summed E-state index contributed by atoms with van der Waals surface area (Å²) >= 11 is 0. The van der Waals surface area contributed by atoms with Crippen LogP contribution in [0.4, 0.5) is 4.39 Å². The van der Waals surface area contributed by atoms with Gasteiger partial charge in [-0.2, -0.15) is 0 Å². The molecule has 2 N–H and O–H groups in total. The van der Waals surface area contributed by atoms with E-state index in [-0.39, 0.29) is 23.3 Å². The first kappa shape index (κ1) is 17.8. The minimum absolute atomic E-state index is 0.0926. The molecule has 0 aliphatic rings. The van der Waals surface area contributed by atoms with E-state index in [0.29, 0.717) is 36.0 Å². The first-order valence-corrected chi connectivity index (χ1v) is 8.55. The average Bonchev–Trinajstić information content (AvgIpc) is 2.62. The molecule has 1 unspecified atom stereocenters. The van der Waals surface area contributed by atoms with Crippen molar-refractivity contribution in [1.82, 2.24) is 15.3 Å². The first-order chi connectivity index (χ1) is 12.5. The second-order valence-electron chi connectivity index (χ2n) is 6.22. The molecule has 1 aromatic heterocycles. The van der Waals surface area contributed by atoms with Gasteiger partial charge in [0.2, 0.25) is 5.91 Å². The molecule has 26 heavy (non-hydrogen) atoms. The molecule has 3 aromatic rings. The first-order valence-electron chi connectivity index (χ1n) is 8.55. The number of rotatable bonds is 6. The number of carbonyl (C=O) groups is 1. The Morgan fingerprint density at radius 3 is 2.69 bits per heavy atom. The van der Waals surface area contributed by atoms with Gasteiger partial charge in [0.05, 0.1) is 16.9 Å². The van der Waals surface area contributed by atoms with Gasteiger partial charge in [-0.25, -0.2) is 9.37 Å². The van der Waals surface area contributed by atoms with Gasteiger partial charge in [-0.1, -0.05) is 24.3 Å². The number of hydrogen-bond acceptors (Lipinski definition) is 3. The van der Waals surface area contributed by atoms with Crippen molar-refractivity contribution in [3.8, 4) is 0 Å². The number of H-pyrrole nitrogens is 1. The van der Waals surface area contributed by atoms with Crippen LogP contribution < -0.4 is 10.9 Å². The minimum Gasteiger partial charge on any atom is -0.350 e. The summed E-state index contributed by atoms with van der Waals surface area (Å²) in [5, 5.41) is 3.45. The van der Waals surface area contributed by atoms with Gasteiger partial charge < -0.3 is 10.3 Å². The zero-order valence-electron chi connectivity index (χ0n) is 14.5. The fraction of sp³-hybridized carbons (Fsp3) is 0.250. The number of aromatic amines is 1. The summed E-state index contributed by atoms with van der Waals surface area (Å²) < 4.78 is 12.9. The number of halogens is 1. The highest BCUT2D eigenvalue weighted by atomic mass is 19.1. The van der Waals surface area contributed by atoms with Crippen LogP contribution in [-0.4, -0.2) is 15.9 Å². The molecule has 2 aromatic carbocycles. The van der Waals surface area contributed by atoms with E-state index in [1.165, 1.54) is 12.1 Å². The molecule has 0 spiro atoms. The van der Waals surface area contributed by atoms with Gasteiger partial charge in [-0.3, -0.25) is 9.59 Å². The third-order valence-electron chi connectivity index (χ3n) is 4.23. The maximum atomic E-state index is 12.9. The van der Waals surface area contributed by atoms with Crippen LogP contribution in [0.2, 0.25) is 0 Å². The number of para-hydroxylation sites is 1. The van der Waals surface area contributed by atoms with Crippen LogP contribution in [0.1, 0.15) is 37.2 Å². The molecule has 3 rings (SSSR count). The van der Waals surface area contributed by atoms with E-state index >= 15 is 0 Å². The van der Waals surface area contributed by atoms with E-state index in [4.69, 9.17) is 0 Å². The predicted molar refractivity (Wildman–Crippen MR) is 98.3 cm³/mol. The van der Waals surface area contributed by atoms with Crippen molar-refractivity contribution in [3.05, 3.63) is 76.1 Å². The number of carbonyl (C=O) groups excluding carboxylic acids is 1. The molecular formula is C20H20FN3O2. The van der Waals surface area contributed by atoms with E-state index in [0.717, 1.165) is 5.56 Å². The fourth-order valence-corrected chi connectivity index (χ4v) is 2.82. The summed E-state index contributed by atoms with van der Waals surface area (Å²) in [6.45, 7) is 1.85. The lowest BCUT2D eigenvalue weighted by molar-refractivity contribution is -0.121. The second kappa shape index (κ2) is 7.91. The van der Waals surface area contributed by atoms with Gasteiger partial charge >= 0.3 is 0 Å². The van der Waals surface area contributed by atoms with Crippen molar-refractivity contribution in [2.24, 2.45) is 0 Å². The standard InChI is InChI=1S/C20H20FN3O2/c1-13(14-9-11-15(21)12-10-14)22-19(25)8-4-7-18-23-17-6-3-2-5-16(17)20(26)24-18/h2-3,5-6,9-13H,4,7-8H2,1H3,(H,22,25)(H,23,24,26). The fourth-order valence-electron chi connectivity index (χ4n) is 2.82. The smallest absolute Gasteiger partial charge is 0.258 e. The monoisotopic (exact) mass is 353 g/mol. The summed E-state index contributed by atoms with van der Waals surface area (Å²) in [6.07, 6.45) is 1.41. The van der Waals surface area contributed by atoms with E-state index in [2.05, 4.69) is 15.3 Å². The topological polar surface area (TPSA) is 74.8 Å². The third-order valence-corrected chi connectivity index (χ3v) is 4.23. The Morgan fingerprint density at radius 2 is 1.92 bits per heavy atom. The molecule has 0 saturated heterocycles. The number of benzene rings is 2. The normalized spacial score (nSPS) is 12.1. The Hall–Kier alpha value is -3.02. The largest absolute Gasteiger partial charge is 0.350 e. The van der Waals surface area contributed by atoms with Crippen LogP contribution in [0, 0.1) is 5.82 Å². The lowest BCUT2D eigenvalue weighted by Crippen LogP contribution is -2.26. The highest BCUT2D eigenvalue weighted by Gasteiger charge is 2.10. The number of amides is 1. The van der Waals surface area contributed by atoms with Crippen LogP contribution >= 0.6 is 0 Å². The number of nitrogens with zero attached hydrogens (tertiary/aromatic N) is 1. The van der Waals surface area contributed by atoms with Crippen LogP contribution in [0.5, 0.6) is 0 Å². The van der Waals surface area contributed by atoms with Crippen LogP contribution in [-0.2, 0) is 11.2 Å². The SMILES string of the molecule is CC(NC(=O)CCCc1nc2ccccc2c(=O)[nH]1)c1ccc(F)cc1. The molecule has 1 heterocycles. The Morgan fingerprint density at radius 1 is 1.19 bits per heavy atom. The number of fused-ring (bicyclic) bond motifs is 1. The van der Waals surface area contributed by atoms with Crippen molar-refractivity contribution in [2.75, 3.05) is 0 Å². The zero-order chi connectivity index (χ0) is 18.5. The number of nitrogens with one attached hydrogen (secondary N) is 2. The van der Waals surface area contributed by atoms with Gasteiger partial charge in [0.1, 0.15) is 11.6 Å². The van der Waals surface area contributed by atoms with Crippen molar-refractivity contribution in [3.63, 3.8) is 0 Å². The molecular weight excluding hydrogens is 333 g/mol. The van der Waals surface area contributed by atoms with Crippen LogP contribution in [0.25, 0.3) is 10.9 Å². The Labute approximate surface area is 150 Å². The van der Waals surface area contributed by atoms with Crippen molar-refractivity contribution in [2.45, 2.75) is 32.2 Å². The molecule has 1 amide bonds. The highest BCUT2D eigenvalue weighted by molar-refractivity contribution is 5.77. The summed E-state index contributed by atoms with van der Waals surface area (Å²) in [6, 6.07) is 13.0. The van der Waals surface area contributed by atoms with Gasteiger partial charge in [0, 0.05) is 12.8 Å². The summed E-state index contributed by atoms with van der Waals surface area (Å²) in [5.74, 6) is 0.183. The highest BCUT2D eigenvalue weighted by Crippen LogP contribution is 2.13. The average molecular weight is 353 g/mol. The Bertz CT molecular complexity index is 967. The third kappa shape index (κ3) is 4.33. The Kier molecular flexibility index (Phi) is 5.41. The molecule has 6 heteroatoms. The van der Waals surface area contributed by atoms with Gasteiger partial charge in [-0.05, 0) is 43.2 Å². The van der Waals surface area contributed by atoms with E-state index in [1.807, 2.05) is 13.0 Å². The van der Waals surface area contributed by atoms with Crippen molar-refractivity contribution in [1.29, 1.82) is 0 Å². The van der Waals surface area contributed by atoms with Gasteiger partial charge in [-0.15, -0.1) is 0 Å². The minimum atomic E-state index is -0.302. The molecule has 0 fully saturated rings. The van der Waals surface area contributed by atoms with Gasteiger partial charge in [0.15, 0.2) is 0 Å². The molecule has 0 aliphatic carbocycles. The van der Waals surface area contributed by atoms with Crippen molar-refractivity contribution < 1.29 is 9.18 Å². The molecule has 0 aliphatic heterocycles. The second-order valence-corrected chi connectivity index (χ2v) is 6.22. The maximum absolute atomic E-state index is 12.9. The molecule has 0 bridgehead atoms. The lowest BCUT2D eigenvalue weighted by atomic mass is 10.1. The van der Waals surface area contributed by atoms with Crippen LogP contribution in [0.15, 0.2) is 53.3 Å². The lowest BCUT2D eigenvalue weighted by Gasteiger charge is -2.14. The zero-order valence-corrected chi connectivity index (χ0v) is 14.5. The number of aromatic nitrogens is 2. The predicted octanol–water partition coefficient (Wildman–Crippen LogP) is 3.26. The maximum Gasteiger partial charge on any atom is 0.258 e. The molecule has 0 radical (unpaired) electrons. The number of aryl methyl sites for hydroxylation is 1.